The quantitative estimate of drug-likeness (QED) is 0.134. The average Bonchev–Trinajstić information content (AvgIpc) is 3.43. The van der Waals surface area contributed by atoms with Crippen molar-refractivity contribution in [1.82, 2.24) is 9.55 Å². The van der Waals surface area contributed by atoms with Crippen molar-refractivity contribution in [3.8, 4) is 17.1 Å². The normalized spacial score (nSPS) is 10.8. The summed E-state index contributed by atoms with van der Waals surface area (Å²) in [5.74, 6) is -0.174. The Bertz CT molecular complexity index is 2140. The smallest absolute Gasteiger partial charge is 0.269 e. The van der Waals surface area contributed by atoms with Crippen LogP contribution in [0.2, 0.25) is 0 Å². The Morgan fingerprint density at radius 3 is 1.72 bits per heavy atom. The number of nitro groups is 2. The molecule has 0 radical (unpaired) electrons. The van der Waals surface area contributed by atoms with E-state index in [0.29, 0.717) is 22.7 Å². The number of carbonyl (C=O) groups is 2. The topological polar surface area (TPSA) is 162 Å². The highest BCUT2D eigenvalue weighted by Crippen LogP contribution is 2.33. The van der Waals surface area contributed by atoms with Crippen molar-refractivity contribution in [2.45, 2.75) is 6.92 Å². The lowest BCUT2D eigenvalue weighted by Gasteiger charge is -2.13. The molecule has 2 N–H and O–H groups in total. The number of para-hydroxylation sites is 1. The molecular formula is C34H24N6O6. The third-order valence-electron chi connectivity index (χ3n) is 7.33. The second-order valence-corrected chi connectivity index (χ2v) is 10.4. The van der Waals surface area contributed by atoms with Gasteiger partial charge in [-0.05, 0) is 85.3 Å². The minimum absolute atomic E-state index is 0.1000. The summed E-state index contributed by atoms with van der Waals surface area (Å²) in [6.07, 6.45) is 0. The fraction of sp³-hybridized carbons (Fsp3) is 0.0294. The maximum atomic E-state index is 12.9. The minimum Gasteiger partial charge on any atom is -0.322 e. The standard InChI is InChI=1S/C34H24N6O6/c1-21-19-24(35-33(41)22-7-13-27(14-8-22)39(43)44)11-17-29(21)32-37-30-20-25(12-18-31(30)38(32)26-5-3-2-4-6-26)36-34(42)23-9-15-28(16-10-23)40(45)46/h2-20H,1H3,(H,35,41)(H,36,42). The van der Waals surface area contributed by atoms with Crippen LogP contribution in [0, 0.1) is 27.2 Å². The zero-order valence-corrected chi connectivity index (χ0v) is 24.2. The zero-order valence-electron chi connectivity index (χ0n) is 24.2. The van der Waals surface area contributed by atoms with Gasteiger partial charge in [0.1, 0.15) is 5.82 Å². The molecule has 1 aromatic heterocycles. The Kier molecular flexibility index (Phi) is 7.75. The number of aryl methyl sites for hydroxylation is 1. The third-order valence-corrected chi connectivity index (χ3v) is 7.33. The monoisotopic (exact) mass is 612 g/mol. The average molecular weight is 613 g/mol. The van der Waals surface area contributed by atoms with Crippen molar-refractivity contribution in [2.75, 3.05) is 10.6 Å². The van der Waals surface area contributed by atoms with Crippen LogP contribution in [0.3, 0.4) is 0 Å². The Balaban J connectivity index is 1.31. The summed E-state index contributed by atoms with van der Waals surface area (Å²) in [5.41, 5.74) is 5.34. The predicted molar refractivity (Wildman–Crippen MR) is 173 cm³/mol. The van der Waals surface area contributed by atoms with Crippen molar-refractivity contribution < 1.29 is 19.4 Å². The minimum atomic E-state index is -0.524. The lowest BCUT2D eigenvalue weighted by Crippen LogP contribution is -2.12. The molecular weight excluding hydrogens is 588 g/mol. The van der Waals surface area contributed by atoms with E-state index in [1.54, 1.807) is 18.2 Å². The summed E-state index contributed by atoms with van der Waals surface area (Å²) < 4.78 is 2.01. The maximum absolute atomic E-state index is 12.9. The molecule has 2 amide bonds. The summed E-state index contributed by atoms with van der Waals surface area (Å²) in [5, 5.41) is 27.6. The molecule has 6 rings (SSSR count). The summed E-state index contributed by atoms with van der Waals surface area (Å²) >= 11 is 0. The highest BCUT2D eigenvalue weighted by molar-refractivity contribution is 6.06. The van der Waals surface area contributed by atoms with Crippen LogP contribution in [-0.4, -0.2) is 31.2 Å². The Morgan fingerprint density at radius 2 is 1.20 bits per heavy atom. The number of nitrogens with one attached hydrogen (secondary N) is 2. The molecule has 0 bridgehead atoms. The molecule has 0 fully saturated rings. The Morgan fingerprint density at radius 1 is 0.674 bits per heavy atom. The number of nitrogens with zero attached hydrogens (tertiary/aromatic N) is 4. The molecule has 6 aromatic rings. The number of rotatable bonds is 8. The van der Waals surface area contributed by atoms with E-state index in [4.69, 9.17) is 4.98 Å². The van der Waals surface area contributed by atoms with E-state index in [1.165, 1.54) is 48.5 Å². The van der Waals surface area contributed by atoms with Crippen molar-refractivity contribution in [3.05, 3.63) is 152 Å². The van der Waals surface area contributed by atoms with Gasteiger partial charge in [-0.3, -0.25) is 34.4 Å². The van der Waals surface area contributed by atoms with Gasteiger partial charge in [0.05, 0.1) is 20.9 Å². The first-order valence-electron chi connectivity index (χ1n) is 14.0. The van der Waals surface area contributed by atoms with Gasteiger partial charge < -0.3 is 10.6 Å². The number of benzene rings is 5. The predicted octanol–water partition coefficient (Wildman–Crippen LogP) is 7.32. The van der Waals surface area contributed by atoms with Gasteiger partial charge in [0.2, 0.25) is 0 Å². The van der Waals surface area contributed by atoms with Crippen LogP contribution in [0.1, 0.15) is 26.3 Å². The first-order chi connectivity index (χ1) is 22.2. The van der Waals surface area contributed by atoms with Crippen LogP contribution in [0.25, 0.3) is 28.1 Å². The molecule has 12 heteroatoms. The van der Waals surface area contributed by atoms with E-state index in [2.05, 4.69) is 10.6 Å². The van der Waals surface area contributed by atoms with Gasteiger partial charge in [-0.25, -0.2) is 4.98 Å². The fourth-order valence-electron chi connectivity index (χ4n) is 5.05. The lowest BCUT2D eigenvalue weighted by atomic mass is 10.1. The molecule has 46 heavy (non-hydrogen) atoms. The molecule has 0 spiro atoms. The number of nitro benzene ring substituents is 2. The first-order valence-corrected chi connectivity index (χ1v) is 14.0. The third kappa shape index (κ3) is 5.90. The van der Waals surface area contributed by atoms with Crippen LogP contribution in [0.15, 0.2) is 115 Å². The van der Waals surface area contributed by atoms with E-state index in [0.717, 1.165) is 22.3 Å². The number of hydrogen-bond acceptors (Lipinski definition) is 7. The molecule has 0 aliphatic carbocycles. The molecule has 0 atom stereocenters. The van der Waals surface area contributed by atoms with Crippen LogP contribution >= 0.6 is 0 Å². The summed E-state index contributed by atoms with van der Waals surface area (Å²) in [6, 6.07) is 31.2. The van der Waals surface area contributed by atoms with Crippen molar-refractivity contribution in [2.24, 2.45) is 0 Å². The van der Waals surface area contributed by atoms with Crippen LogP contribution in [0.4, 0.5) is 22.7 Å². The molecule has 0 aliphatic rings. The Labute approximate surface area is 261 Å². The van der Waals surface area contributed by atoms with Gasteiger partial charge in [0, 0.05) is 58.0 Å². The van der Waals surface area contributed by atoms with Crippen LogP contribution in [-0.2, 0) is 0 Å². The van der Waals surface area contributed by atoms with E-state index < -0.39 is 21.7 Å². The Hall–Kier alpha value is -6.69. The highest BCUT2D eigenvalue weighted by atomic mass is 16.6. The summed E-state index contributed by atoms with van der Waals surface area (Å²) in [6.45, 7) is 1.90. The second-order valence-electron chi connectivity index (χ2n) is 10.4. The van der Waals surface area contributed by atoms with Gasteiger partial charge >= 0.3 is 0 Å². The summed E-state index contributed by atoms with van der Waals surface area (Å²) in [4.78, 5) is 51.5. The van der Waals surface area contributed by atoms with Gasteiger partial charge in [-0.1, -0.05) is 18.2 Å². The molecule has 226 valence electrons. The van der Waals surface area contributed by atoms with Crippen molar-refractivity contribution in [3.63, 3.8) is 0 Å². The molecule has 0 unspecified atom stereocenters. The van der Waals surface area contributed by atoms with Crippen LogP contribution < -0.4 is 10.6 Å². The number of hydrogen-bond donors (Lipinski definition) is 2. The number of anilines is 2. The number of carbonyl (C=O) groups excluding carboxylic acids is 2. The zero-order chi connectivity index (χ0) is 32.4. The number of imidazole rings is 1. The maximum Gasteiger partial charge on any atom is 0.269 e. The molecule has 0 saturated heterocycles. The fourth-order valence-corrected chi connectivity index (χ4v) is 5.05. The highest BCUT2D eigenvalue weighted by Gasteiger charge is 2.18. The number of aromatic nitrogens is 2. The summed E-state index contributed by atoms with van der Waals surface area (Å²) in [7, 11) is 0. The number of non-ortho nitro benzene ring substituents is 2. The van der Waals surface area contributed by atoms with Gasteiger partial charge in [-0.2, -0.15) is 0 Å². The van der Waals surface area contributed by atoms with E-state index in [1.807, 2.05) is 60.0 Å². The van der Waals surface area contributed by atoms with Crippen molar-refractivity contribution in [1.29, 1.82) is 0 Å². The first kappa shape index (κ1) is 29.4. The van der Waals surface area contributed by atoms with Gasteiger partial charge in [0.15, 0.2) is 0 Å². The molecule has 1 heterocycles. The van der Waals surface area contributed by atoms with Gasteiger partial charge in [0.25, 0.3) is 23.2 Å². The molecule has 5 aromatic carbocycles. The van der Waals surface area contributed by atoms with Gasteiger partial charge in [-0.15, -0.1) is 0 Å². The lowest BCUT2D eigenvalue weighted by molar-refractivity contribution is -0.385. The van der Waals surface area contributed by atoms with E-state index in [9.17, 15) is 29.8 Å². The molecule has 0 aliphatic heterocycles. The molecule has 0 saturated carbocycles. The van der Waals surface area contributed by atoms with Crippen molar-refractivity contribution >= 4 is 45.6 Å². The van der Waals surface area contributed by atoms with E-state index in [-0.39, 0.29) is 22.5 Å². The number of amides is 2. The second kappa shape index (κ2) is 12.1. The van der Waals surface area contributed by atoms with Crippen LogP contribution in [0.5, 0.6) is 0 Å². The largest absolute Gasteiger partial charge is 0.322 e. The number of fused-ring (bicyclic) bond motifs is 1. The van der Waals surface area contributed by atoms with E-state index >= 15 is 0 Å². The SMILES string of the molecule is Cc1cc(NC(=O)c2ccc([N+](=O)[O-])cc2)ccc1-c1nc2cc(NC(=O)c3ccc([N+](=O)[O-])cc3)ccc2n1-c1ccccc1. The molecule has 12 nitrogen and oxygen atoms in total.